The first-order valence-electron chi connectivity index (χ1n) is 5.33. The average Bonchev–Trinajstić information content (AvgIpc) is 2.66. The zero-order valence-corrected chi connectivity index (χ0v) is 8.86. The molecule has 2 rings (SSSR count). The van der Waals surface area contributed by atoms with Crippen molar-refractivity contribution in [1.29, 1.82) is 0 Å². The van der Waals surface area contributed by atoms with Gasteiger partial charge in [0.25, 0.3) is 5.91 Å². The van der Waals surface area contributed by atoms with Crippen molar-refractivity contribution in [3.63, 3.8) is 0 Å². The molecule has 1 aliphatic rings. The number of nitrogens with zero attached hydrogens (tertiary/aromatic N) is 2. The van der Waals surface area contributed by atoms with E-state index in [1.165, 1.54) is 6.33 Å². The highest BCUT2D eigenvalue weighted by Crippen LogP contribution is 2.10. The monoisotopic (exact) mass is 208 g/mol. The van der Waals surface area contributed by atoms with Crippen molar-refractivity contribution in [2.75, 3.05) is 19.6 Å². The number of nitrogens with one attached hydrogen (secondary N) is 2. The number of hydrogen-bond donors (Lipinski definition) is 2. The Hall–Kier alpha value is -1.36. The zero-order valence-electron chi connectivity index (χ0n) is 8.86. The first kappa shape index (κ1) is 10.2. The second kappa shape index (κ2) is 4.44. The first-order chi connectivity index (χ1) is 7.33. The summed E-state index contributed by atoms with van der Waals surface area (Å²) >= 11 is 0. The Morgan fingerprint density at radius 3 is 2.93 bits per heavy atom. The molecule has 1 saturated heterocycles. The summed E-state index contributed by atoms with van der Waals surface area (Å²) in [5.74, 6) is 0.0563. The van der Waals surface area contributed by atoms with Crippen molar-refractivity contribution in [3.05, 3.63) is 18.2 Å². The van der Waals surface area contributed by atoms with Crippen LogP contribution in [0.3, 0.4) is 0 Å². The van der Waals surface area contributed by atoms with Crippen LogP contribution in [-0.2, 0) is 0 Å². The largest absolute Gasteiger partial charge is 0.341 e. The zero-order chi connectivity index (χ0) is 10.7. The predicted octanol–water partition coefficient (Wildman–Crippen LogP) is 0.234. The molecule has 5 nitrogen and oxygen atoms in total. The summed E-state index contributed by atoms with van der Waals surface area (Å²) in [6.45, 7) is 4.70. The molecular weight excluding hydrogens is 192 g/mol. The van der Waals surface area contributed by atoms with E-state index in [1.807, 2.05) is 4.90 Å². The Bertz CT molecular complexity index is 318. The Labute approximate surface area is 88.9 Å². The minimum Gasteiger partial charge on any atom is -0.341 e. The van der Waals surface area contributed by atoms with Gasteiger partial charge in [0.05, 0.1) is 18.6 Å². The van der Waals surface area contributed by atoms with Gasteiger partial charge >= 0.3 is 0 Å². The topological polar surface area (TPSA) is 61.0 Å². The van der Waals surface area contributed by atoms with E-state index >= 15 is 0 Å². The molecule has 2 heterocycles. The first-order valence-corrected chi connectivity index (χ1v) is 5.33. The number of aromatic nitrogens is 2. The molecule has 1 aromatic rings. The molecule has 0 aliphatic carbocycles. The van der Waals surface area contributed by atoms with Gasteiger partial charge in [-0.05, 0) is 6.42 Å². The van der Waals surface area contributed by atoms with E-state index in [2.05, 4.69) is 22.2 Å². The van der Waals surface area contributed by atoms with E-state index in [4.69, 9.17) is 0 Å². The molecule has 0 bridgehead atoms. The quantitative estimate of drug-likeness (QED) is 0.744. The summed E-state index contributed by atoms with van der Waals surface area (Å²) in [6, 6.07) is 0.348. The van der Waals surface area contributed by atoms with Crippen LogP contribution in [0.4, 0.5) is 0 Å². The molecular formula is C10H16N4O. The lowest BCUT2D eigenvalue weighted by atomic mass is 10.1. The maximum atomic E-state index is 12.1. The van der Waals surface area contributed by atoms with Gasteiger partial charge in [0.1, 0.15) is 5.69 Å². The molecule has 0 unspecified atom stereocenters. The van der Waals surface area contributed by atoms with E-state index in [1.54, 1.807) is 6.20 Å². The third-order valence-electron chi connectivity index (χ3n) is 2.65. The van der Waals surface area contributed by atoms with Gasteiger partial charge in [-0.15, -0.1) is 0 Å². The van der Waals surface area contributed by atoms with Gasteiger partial charge in [0.15, 0.2) is 0 Å². The van der Waals surface area contributed by atoms with Gasteiger partial charge in [-0.25, -0.2) is 4.98 Å². The molecule has 0 aromatic carbocycles. The molecule has 0 atom stereocenters. The molecule has 1 aromatic heterocycles. The molecule has 1 aliphatic heterocycles. The molecule has 0 spiro atoms. The lowest BCUT2D eigenvalue weighted by molar-refractivity contribution is 0.0610. The van der Waals surface area contributed by atoms with E-state index in [0.717, 1.165) is 26.1 Å². The van der Waals surface area contributed by atoms with Gasteiger partial charge in [0, 0.05) is 19.6 Å². The van der Waals surface area contributed by atoms with Gasteiger partial charge in [-0.2, -0.15) is 0 Å². The Morgan fingerprint density at radius 2 is 2.47 bits per heavy atom. The van der Waals surface area contributed by atoms with E-state index in [9.17, 15) is 4.79 Å². The van der Waals surface area contributed by atoms with Gasteiger partial charge in [-0.3, -0.25) is 4.79 Å². The smallest absolute Gasteiger partial charge is 0.272 e. The number of carbonyl (C=O) groups is 1. The lowest BCUT2D eigenvalue weighted by Crippen LogP contribution is -2.59. The molecule has 5 heteroatoms. The van der Waals surface area contributed by atoms with Crippen LogP contribution in [0.2, 0.25) is 0 Å². The number of rotatable bonds is 4. The maximum absolute atomic E-state index is 12.1. The number of imidazole rings is 1. The highest BCUT2D eigenvalue weighted by Gasteiger charge is 2.28. The number of amides is 1. The Morgan fingerprint density at radius 1 is 1.67 bits per heavy atom. The van der Waals surface area contributed by atoms with E-state index in [0.29, 0.717) is 11.7 Å². The maximum Gasteiger partial charge on any atom is 0.272 e. The fourth-order valence-corrected chi connectivity index (χ4v) is 1.71. The van der Waals surface area contributed by atoms with E-state index < -0.39 is 0 Å². The van der Waals surface area contributed by atoms with E-state index in [-0.39, 0.29) is 5.91 Å². The fraction of sp³-hybridized carbons (Fsp3) is 0.600. The van der Waals surface area contributed by atoms with Crippen LogP contribution in [0.1, 0.15) is 23.8 Å². The highest BCUT2D eigenvalue weighted by atomic mass is 16.2. The SMILES string of the molecule is CCCN(C(=O)c1cnc[nH]1)C1CNC1. The molecule has 0 saturated carbocycles. The summed E-state index contributed by atoms with van der Waals surface area (Å²) < 4.78 is 0. The highest BCUT2D eigenvalue weighted by molar-refractivity contribution is 5.92. The van der Waals surface area contributed by atoms with Crippen LogP contribution < -0.4 is 5.32 Å². The van der Waals surface area contributed by atoms with Crippen molar-refractivity contribution in [3.8, 4) is 0 Å². The second-order valence-corrected chi connectivity index (χ2v) is 3.78. The van der Waals surface area contributed by atoms with Crippen LogP contribution in [0.5, 0.6) is 0 Å². The normalized spacial score (nSPS) is 16.1. The summed E-state index contributed by atoms with van der Waals surface area (Å²) in [5.41, 5.74) is 0.579. The molecule has 1 amide bonds. The number of carbonyl (C=O) groups excluding carboxylic acids is 1. The van der Waals surface area contributed by atoms with Crippen molar-refractivity contribution in [2.24, 2.45) is 0 Å². The molecule has 82 valence electrons. The van der Waals surface area contributed by atoms with Crippen LogP contribution >= 0.6 is 0 Å². The molecule has 15 heavy (non-hydrogen) atoms. The average molecular weight is 208 g/mol. The minimum atomic E-state index is 0.0563. The van der Waals surface area contributed by atoms with Crippen molar-refractivity contribution in [2.45, 2.75) is 19.4 Å². The molecule has 0 radical (unpaired) electrons. The van der Waals surface area contributed by atoms with Crippen LogP contribution in [0.15, 0.2) is 12.5 Å². The second-order valence-electron chi connectivity index (χ2n) is 3.78. The van der Waals surface area contributed by atoms with Gasteiger partial charge < -0.3 is 15.2 Å². The summed E-state index contributed by atoms with van der Waals surface area (Å²) in [4.78, 5) is 20.7. The fourth-order valence-electron chi connectivity index (χ4n) is 1.71. The standard InChI is InChI=1S/C10H16N4O/c1-2-3-14(8-4-11-5-8)10(15)9-6-12-7-13-9/h6-8,11H,2-5H2,1H3,(H,12,13). The minimum absolute atomic E-state index is 0.0563. The Kier molecular flexibility index (Phi) is 3.01. The van der Waals surface area contributed by atoms with Crippen LogP contribution in [-0.4, -0.2) is 46.5 Å². The third kappa shape index (κ3) is 2.02. The summed E-state index contributed by atoms with van der Waals surface area (Å²) in [6.07, 6.45) is 4.10. The lowest BCUT2D eigenvalue weighted by Gasteiger charge is -2.37. The Balaban J connectivity index is 2.06. The van der Waals surface area contributed by atoms with Crippen LogP contribution in [0, 0.1) is 0 Å². The number of aromatic amines is 1. The third-order valence-corrected chi connectivity index (χ3v) is 2.65. The van der Waals surface area contributed by atoms with Crippen molar-refractivity contribution in [1.82, 2.24) is 20.2 Å². The summed E-state index contributed by atoms with van der Waals surface area (Å²) in [5, 5.41) is 3.18. The number of H-pyrrole nitrogens is 1. The van der Waals surface area contributed by atoms with Gasteiger partial charge in [0.2, 0.25) is 0 Å². The van der Waals surface area contributed by atoms with Crippen molar-refractivity contribution >= 4 is 5.91 Å². The summed E-state index contributed by atoms with van der Waals surface area (Å²) in [7, 11) is 0. The molecule has 2 N–H and O–H groups in total. The van der Waals surface area contributed by atoms with Crippen molar-refractivity contribution < 1.29 is 4.79 Å². The number of hydrogen-bond acceptors (Lipinski definition) is 3. The van der Waals surface area contributed by atoms with Crippen LogP contribution in [0.25, 0.3) is 0 Å². The predicted molar refractivity (Wildman–Crippen MR) is 56.6 cm³/mol. The van der Waals surface area contributed by atoms with Gasteiger partial charge in [-0.1, -0.05) is 6.92 Å². The molecule has 1 fully saturated rings.